The molecule has 0 amide bonds. The molecule has 0 aliphatic carbocycles. The molecule has 4 N–H and O–H groups in total. The number of rotatable bonds is 14. The summed E-state index contributed by atoms with van der Waals surface area (Å²) in [7, 11) is 3.31. The lowest BCUT2D eigenvalue weighted by Gasteiger charge is -2.04. The smallest absolute Gasteiger partial charge is 0.125 e. The number of nitrogens with zero attached hydrogens (tertiary/aromatic N) is 2. The van der Waals surface area contributed by atoms with E-state index in [-0.39, 0.29) is 0 Å². The van der Waals surface area contributed by atoms with Crippen molar-refractivity contribution < 1.29 is 9.47 Å². The van der Waals surface area contributed by atoms with E-state index in [9.17, 15) is 0 Å². The number of hydrogen-bond donors (Lipinski definition) is 2. The van der Waals surface area contributed by atoms with Crippen molar-refractivity contribution in [2.75, 3.05) is 27.3 Å². The molecule has 0 heterocycles. The van der Waals surface area contributed by atoms with Crippen LogP contribution < -0.4 is 20.9 Å². The fourth-order valence-corrected chi connectivity index (χ4v) is 3.21. The molecule has 0 bridgehead atoms. The topological polar surface area (TPSA) is 95.2 Å². The van der Waals surface area contributed by atoms with Crippen LogP contribution in [0.1, 0.15) is 69.9 Å². The number of amidine groups is 2. The summed E-state index contributed by atoms with van der Waals surface area (Å²) in [5.41, 5.74) is 14.0. The molecule has 6 nitrogen and oxygen atoms in total. The van der Waals surface area contributed by atoms with Crippen LogP contribution >= 0.6 is 0 Å². The third-order valence-corrected chi connectivity index (χ3v) is 5.15. The van der Waals surface area contributed by atoms with Gasteiger partial charge in [0.1, 0.15) is 23.2 Å². The van der Waals surface area contributed by atoms with Gasteiger partial charge in [0.2, 0.25) is 0 Å². The van der Waals surface area contributed by atoms with Crippen LogP contribution in [0.4, 0.5) is 0 Å². The summed E-state index contributed by atoms with van der Waals surface area (Å²) >= 11 is 0. The van der Waals surface area contributed by atoms with Gasteiger partial charge < -0.3 is 20.9 Å². The predicted molar refractivity (Wildman–Crippen MR) is 141 cm³/mol. The first kappa shape index (κ1) is 28.0. The molecular weight excluding hydrogens is 412 g/mol. The van der Waals surface area contributed by atoms with Crippen molar-refractivity contribution in [3.63, 3.8) is 0 Å². The molecule has 2 aromatic rings. The van der Waals surface area contributed by atoms with Crippen LogP contribution in [-0.2, 0) is 0 Å². The second-order valence-electron chi connectivity index (χ2n) is 7.47. The molecule has 2 aromatic carbocycles. The van der Waals surface area contributed by atoms with E-state index in [1.807, 2.05) is 62.4 Å². The van der Waals surface area contributed by atoms with Crippen LogP contribution in [-0.4, -0.2) is 39.0 Å². The number of hydrogen-bond acceptors (Lipinski definition) is 4. The first-order valence-electron chi connectivity index (χ1n) is 12.0. The molecular formula is C27H42N4O2. The molecule has 2 rings (SSSR count). The maximum Gasteiger partial charge on any atom is 0.125 e. The van der Waals surface area contributed by atoms with Gasteiger partial charge in [-0.3, -0.25) is 9.98 Å². The number of methoxy groups -OCH3 is 2. The first-order chi connectivity index (χ1) is 16.1. The zero-order valence-electron chi connectivity index (χ0n) is 20.8. The van der Waals surface area contributed by atoms with Crippen LogP contribution in [0.5, 0.6) is 11.5 Å². The van der Waals surface area contributed by atoms with Crippen LogP contribution in [0.2, 0.25) is 0 Å². The molecule has 182 valence electrons. The van der Waals surface area contributed by atoms with E-state index in [1.165, 1.54) is 32.1 Å². The van der Waals surface area contributed by atoms with Gasteiger partial charge in [-0.1, -0.05) is 46.0 Å². The molecule has 0 saturated carbocycles. The second kappa shape index (κ2) is 17.5. The van der Waals surface area contributed by atoms with E-state index in [0.717, 1.165) is 48.6 Å². The lowest BCUT2D eigenvalue weighted by molar-refractivity contribution is 0.414. The summed E-state index contributed by atoms with van der Waals surface area (Å²) < 4.78 is 10.3. The van der Waals surface area contributed by atoms with Gasteiger partial charge in [-0.25, -0.2) is 0 Å². The van der Waals surface area contributed by atoms with E-state index in [1.54, 1.807) is 14.2 Å². The number of benzene rings is 2. The zero-order chi connectivity index (χ0) is 24.3. The molecule has 0 atom stereocenters. The van der Waals surface area contributed by atoms with Crippen molar-refractivity contribution in [2.24, 2.45) is 21.5 Å². The third kappa shape index (κ3) is 11.4. The van der Waals surface area contributed by atoms with Crippen LogP contribution in [0, 0.1) is 0 Å². The van der Waals surface area contributed by atoms with E-state index in [0.29, 0.717) is 11.7 Å². The third-order valence-electron chi connectivity index (χ3n) is 5.15. The average Bonchev–Trinajstić information content (AvgIpc) is 2.88. The molecule has 0 fully saturated rings. The van der Waals surface area contributed by atoms with Gasteiger partial charge in [0.15, 0.2) is 0 Å². The largest absolute Gasteiger partial charge is 0.497 e. The molecule has 0 aliphatic rings. The fourth-order valence-electron chi connectivity index (χ4n) is 3.21. The van der Waals surface area contributed by atoms with Crippen molar-refractivity contribution >= 4 is 11.7 Å². The van der Waals surface area contributed by atoms with Crippen LogP contribution in [0.3, 0.4) is 0 Å². The molecule has 0 spiro atoms. The molecule has 33 heavy (non-hydrogen) atoms. The molecule has 0 radical (unpaired) electrons. The maximum absolute atomic E-state index is 6.05. The SMILES string of the molecule is CC.COc1ccc(C(N)=NCCCCCCCCCN=C(N)c2ccc(OC)cc2)cc1. The summed E-state index contributed by atoms with van der Waals surface area (Å²) in [5.74, 6) is 2.84. The van der Waals surface area contributed by atoms with Crippen molar-refractivity contribution in [1.82, 2.24) is 0 Å². The van der Waals surface area contributed by atoms with Crippen LogP contribution in [0.25, 0.3) is 0 Å². The minimum absolute atomic E-state index is 0.595. The predicted octanol–water partition coefficient (Wildman–Crippen LogP) is 5.57. The van der Waals surface area contributed by atoms with Gasteiger partial charge in [-0.05, 0) is 61.4 Å². The van der Waals surface area contributed by atoms with Gasteiger partial charge >= 0.3 is 0 Å². The van der Waals surface area contributed by atoms with Gasteiger partial charge in [-0.2, -0.15) is 0 Å². The Morgan fingerprint density at radius 3 is 1.18 bits per heavy atom. The van der Waals surface area contributed by atoms with Gasteiger partial charge in [0.25, 0.3) is 0 Å². The standard InChI is InChI=1S/C25H36N4O2.C2H6/c1-30-22-14-10-20(11-15-22)24(26)28-18-8-6-4-3-5-7-9-19-29-25(27)21-12-16-23(31-2)17-13-21;1-2/h10-17H,3-9,18-19H2,1-2H3,(H2,26,28)(H2,27,29);1-2H3. The maximum atomic E-state index is 6.05. The average molecular weight is 455 g/mol. The monoisotopic (exact) mass is 454 g/mol. The quantitative estimate of drug-likeness (QED) is 0.221. The number of aliphatic imine (C=N–C) groups is 2. The Morgan fingerprint density at radius 1 is 0.576 bits per heavy atom. The summed E-state index contributed by atoms with van der Waals surface area (Å²) in [4.78, 5) is 8.96. The van der Waals surface area contributed by atoms with Crippen molar-refractivity contribution in [2.45, 2.75) is 58.8 Å². The Labute approximate surface area is 200 Å². The highest BCUT2D eigenvalue weighted by atomic mass is 16.5. The first-order valence-corrected chi connectivity index (χ1v) is 12.0. The minimum atomic E-state index is 0.595. The highest BCUT2D eigenvalue weighted by Crippen LogP contribution is 2.13. The molecule has 0 unspecified atom stereocenters. The van der Waals surface area contributed by atoms with Crippen LogP contribution in [0.15, 0.2) is 58.5 Å². The zero-order valence-corrected chi connectivity index (χ0v) is 20.8. The Morgan fingerprint density at radius 2 is 0.879 bits per heavy atom. The Bertz CT molecular complexity index is 746. The molecule has 0 aliphatic heterocycles. The number of unbranched alkanes of at least 4 members (excludes halogenated alkanes) is 6. The highest BCUT2D eigenvalue weighted by molar-refractivity contribution is 5.98. The van der Waals surface area contributed by atoms with E-state index < -0.39 is 0 Å². The van der Waals surface area contributed by atoms with Gasteiger partial charge in [0, 0.05) is 24.2 Å². The van der Waals surface area contributed by atoms with E-state index >= 15 is 0 Å². The van der Waals surface area contributed by atoms with Gasteiger partial charge in [0.05, 0.1) is 14.2 Å². The molecule has 0 aromatic heterocycles. The molecule has 0 saturated heterocycles. The highest BCUT2D eigenvalue weighted by Gasteiger charge is 2.00. The summed E-state index contributed by atoms with van der Waals surface area (Å²) in [6.45, 7) is 5.55. The van der Waals surface area contributed by atoms with E-state index in [4.69, 9.17) is 20.9 Å². The van der Waals surface area contributed by atoms with Crippen molar-refractivity contribution in [3.05, 3.63) is 59.7 Å². The Hall–Kier alpha value is -3.02. The van der Waals surface area contributed by atoms with E-state index in [2.05, 4.69) is 9.98 Å². The van der Waals surface area contributed by atoms with Crippen molar-refractivity contribution in [1.29, 1.82) is 0 Å². The Kier molecular flexibility index (Phi) is 14.9. The fraction of sp³-hybridized carbons (Fsp3) is 0.481. The van der Waals surface area contributed by atoms with Crippen molar-refractivity contribution in [3.8, 4) is 11.5 Å². The number of nitrogens with two attached hydrogens (primary N) is 2. The lowest BCUT2D eigenvalue weighted by Crippen LogP contribution is -2.13. The number of ether oxygens (including phenoxy) is 2. The normalized spacial score (nSPS) is 11.5. The second-order valence-corrected chi connectivity index (χ2v) is 7.47. The lowest BCUT2D eigenvalue weighted by atomic mass is 10.1. The van der Waals surface area contributed by atoms with Gasteiger partial charge in [-0.15, -0.1) is 0 Å². The minimum Gasteiger partial charge on any atom is -0.497 e. The summed E-state index contributed by atoms with van der Waals surface area (Å²) in [5, 5.41) is 0. The summed E-state index contributed by atoms with van der Waals surface area (Å²) in [6.07, 6.45) is 8.21. The molecule has 6 heteroatoms. The Balaban J connectivity index is 0.00000265. The summed E-state index contributed by atoms with van der Waals surface area (Å²) in [6, 6.07) is 15.3.